The van der Waals surface area contributed by atoms with Gasteiger partial charge in [-0.3, -0.25) is 15.4 Å². The first-order valence-electron chi connectivity index (χ1n) is 8.36. The molecule has 1 fully saturated rings. The minimum atomic E-state index is -0.746. The van der Waals surface area contributed by atoms with Crippen LogP contribution in [0.4, 0.5) is 16.2 Å². The van der Waals surface area contributed by atoms with Crippen LogP contribution >= 0.6 is 22.6 Å². The number of rotatable bonds is 5. The molecule has 144 valence electrons. The SMILES string of the molecule is CC(C)(C)OC(=O)Nc1cc(COC2CCCCO2)c(I)cc1[N+](=O)[O-]. The molecule has 1 heterocycles. The van der Waals surface area contributed by atoms with Gasteiger partial charge in [0.15, 0.2) is 6.29 Å². The van der Waals surface area contributed by atoms with E-state index in [0.717, 1.165) is 24.8 Å². The van der Waals surface area contributed by atoms with Crippen molar-refractivity contribution in [3.63, 3.8) is 0 Å². The second-order valence-electron chi connectivity index (χ2n) is 6.95. The van der Waals surface area contributed by atoms with Gasteiger partial charge in [0.25, 0.3) is 5.69 Å². The Labute approximate surface area is 165 Å². The average Bonchev–Trinajstić information content (AvgIpc) is 2.53. The molecule has 0 aromatic heterocycles. The summed E-state index contributed by atoms with van der Waals surface area (Å²) in [6.45, 7) is 6.08. The van der Waals surface area contributed by atoms with E-state index in [-0.39, 0.29) is 24.3 Å². The van der Waals surface area contributed by atoms with Crippen molar-refractivity contribution in [2.45, 2.75) is 58.5 Å². The molecular weight excluding hydrogens is 455 g/mol. The zero-order chi connectivity index (χ0) is 19.3. The molecular formula is C17H23IN2O6. The summed E-state index contributed by atoms with van der Waals surface area (Å²) >= 11 is 2.02. The number of carbonyl (C=O) groups excluding carboxylic acids is 1. The number of carbonyl (C=O) groups is 1. The van der Waals surface area contributed by atoms with Crippen LogP contribution in [0.2, 0.25) is 0 Å². The monoisotopic (exact) mass is 478 g/mol. The smallest absolute Gasteiger partial charge is 0.412 e. The second-order valence-corrected chi connectivity index (χ2v) is 8.11. The van der Waals surface area contributed by atoms with Gasteiger partial charge in [0.05, 0.1) is 11.5 Å². The molecule has 1 N–H and O–H groups in total. The zero-order valence-electron chi connectivity index (χ0n) is 15.0. The molecule has 0 spiro atoms. The minimum Gasteiger partial charge on any atom is -0.444 e. The molecule has 1 aliphatic heterocycles. The lowest BCUT2D eigenvalue weighted by Gasteiger charge is -2.23. The van der Waals surface area contributed by atoms with Crippen LogP contribution < -0.4 is 5.32 Å². The van der Waals surface area contributed by atoms with Crippen LogP contribution in [-0.2, 0) is 20.8 Å². The van der Waals surface area contributed by atoms with Crippen molar-refractivity contribution in [2.24, 2.45) is 0 Å². The van der Waals surface area contributed by atoms with E-state index in [0.29, 0.717) is 10.2 Å². The lowest BCUT2D eigenvalue weighted by atomic mass is 10.1. The summed E-state index contributed by atoms with van der Waals surface area (Å²) in [5.74, 6) is 0. The first kappa shape index (κ1) is 20.8. The standard InChI is InChI=1S/C17H23IN2O6/c1-17(2,3)26-16(21)19-13-8-11(12(18)9-14(13)20(22)23)10-25-15-6-4-5-7-24-15/h8-9,15H,4-7,10H2,1-3H3,(H,19,21). The second kappa shape index (κ2) is 8.96. The molecule has 8 nitrogen and oxygen atoms in total. The fraction of sp³-hybridized carbons (Fsp3) is 0.588. The maximum absolute atomic E-state index is 12.0. The molecule has 0 aliphatic carbocycles. The predicted molar refractivity (Wildman–Crippen MR) is 104 cm³/mol. The first-order chi connectivity index (χ1) is 12.2. The van der Waals surface area contributed by atoms with E-state index in [1.807, 2.05) is 22.6 Å². The highest BCUT2D eigenvalue weighted by Crippen LogP contribution is 2.31. The highest BCUT2D eigenvalue weighted by Gasteiger charge is 2.23. The van der Waals surface area contributed by atoms with Gasteiger partial charge < -0.3 is 14.2 Å². The largest absolute Gasteiger partial charge is 0.444 e. The quantitative estimate of drug-likeness (QED) is 0.378. The molecule has 1 atom stereocenters. The van der Waals surface area contributed by atoms with E-state index in [9.17, 15) is 14.9 Å². The Hall–Kier alpha value is -1.46. The lowest BCUT2D eigenvalue weighted by Crippen LogP contribution is -2.27. The van der Waals surface area contributed by atoms with Crippen LogP contribution in [0.15, 0.2) is 12.1 Å². The third-order valence-electron chi connectivity index (χ3n) is 3.56. The topological polar surface area (TPSA) is 99.9 Å². The average molecular weight is 478 g/mol. The Morgan fingerprint density at radius 3 is 2.73 bits per heavy atom. The Kier molecular flexibility index (Phi) is 7.18. The molecule has 9 heteroatoms. The summed E-state index contributed by atoms with van der Waals surface area (Å²) in [6.07, 6.45) is 1.89. The van der Waals surface area contributed by atoms with Gasteiger partial charge in [-0.15, -0.1) is 0 Å². The number of ether oxygens (including phenoxy) is 3. The van der Waals surface area contributed by atoms with Crippen molar-refractivity contribution >= 4 is 40.1 Å². The van der Waals surface area contributed by atoms with Gasteiger partial charge in [-0.25, -0.2) is 4.79 Å². The molecule has 0 bridgehead atoms. The van der Waals surface area contributed by atoms with Gasteiger partial charge >= 0.3 is 6.09 Å². The number of nitro groups is 1. The number of nitrogens with one attached hydrogen (secondary N) is 1. The van der Waals surface area contributed by atoms with Gasteiger partial charge in [0.2, 0.25) is 0 Å². The number of amides is 1. The van der Waals surface area contributed by atoms with E-state index >= 15 is 0 Å². The van der Waals surface area contributed by atoms with E-state index in [2.05, 4.69) is 5.32 Å². The van der Waals surface area contributed by atoms with Crippen molar-refractivity contribution in [2.75, 3.05) is 11.9 Å². The summed E-state index contributed by atoms with van der Waals surface area (Å²) in [7, 11) is 0. The van der Waals surface area contributed by atoms with Gasteiger partial charge in [-0.2, -0.15) is 0 Å². The van der Waals surface area contributed by atoms with Crippen molar-refractivity contribution in [1.29, 1.82) is 0 Å². The van der Waals surface area contributed by atoms with Crippen LogP contribution in [0, 0.1) is 13.7 Å². The highest BCUT2D eigenvalue weighted by molar-refractivity contribution is 14.1. The number of hydrogen-bond donors (Lipinski definition) is 1. The Balaban J connectivity index is 2.16. The number of benzene rings is 1. The Bertz CT molecular complexity index is 668. The maximum atomic E-state index is 12.0. The summed E-state index contributed by atoms with van der Waals surface area (Å²) in [6, 6.07) is 2.96. The predicted octanol–water partition coefficient (Wildman–Crippen LogP) is 4.59. The fourth-order valence-corrected chi connectivity index (χ4v) is 3.01. The van der Waals surface area contributed by atoms with Gasteiger partial charge in [-0.1, -0.05) is 0 Å². The third kappa shape index (κ3) is 6.36. The van der Waals surface area contributed by atoms with E-state index in [1.54, 1.807) is 26.8 Å². The maximum Gasteiger partial charge on any atom is 0.412 e. The fourth-order valence-electron chi connectivity index (χ4n) is 2.41. The highest BCUT2D eigenvalue weighted by atomic mass is 127. The zero-order valence-corrected chi connectivity index (χ0v) is 17.2. The number of anilines is 1. The molecule has 1 saturated heterocycles. The normalized spacial score (nSPS) is 17.6. The molecule has 1 aromatic rings. The van der Waals surface area contributed by atoms with Crippen LogP contribution in [0.3, 0.4) is 0 Å². The number of hydrogen-bond acceptors (Lipinski definition) is 6. The molecule has 1 unspecified atom stereocenters. The van der Waals surface area contributed by atoms with E-state index in [4.69, 9.17) is 14.2 Å². The van der Waals surface area contributed by atoms with Gasteiger partial charge in [0.1, 0.15) is 11.3 Å². The van der Waals surface area contributed by atoms with Crippen molar-refractivity contribution < 1.29 is 23.9 Å². The summed E-state index contributed by atoms with van der Waals surface area (Å²) in [5, 5.41) is 13.8. The lowest BCUT2D eigenvalue weighted by molar-refractivity contribution is -0.384. The van der Waals surface area contributed by atoms with Crippen LogP contribution in [0.5, 0.6) is 0 Å². The Morgan fingerprint density at radius 1 is 1.42 bits per heavy atom. The van der Waals surface area contributed by atoms with E-state index < -0.39 is 16.6 Å². The van der Waals surface area contributed by atoms with Crippen LogP contribution in [-0.4, -0.2) is 29.5 Å². The molecule has 2 rings (SSSR count). The van der Waals surface area contributed by atoms with Gasteiger partial charge in [0, 0.05) is 16.2 Å². The Morgan fingerprint density at radius 2 is 2.15 bits per heavy atom. The van der Waals surface area contributed by atoms with Crippen molar-refractivity contribution in [3.8, 4) is 0 Å². The van der Waals surface area contributed by atoms with Gasteiger partial charge in [-0.05, 0) is 74.3 Å². The van der Waals surface area contributed by atoms with Crippen LogP contribution in [0.25, 0.3) is 0 Å². The summed E-state index contributed by atoms with van der Waals surface area (Å²) in [5.41, 5.74) is -0.0889. The third-order valence-corrected chi connectivity index (χ3v) is 4.56. The molecule has 0 saturated carbocycles. The van der Waals surface area contributed by atoms with E-state index in [1.165, 1.54) is 6.07 Å². The summed E-state index contributed by atoms with van der Waals surface area (Å²) < 4.78 is 17.1. The first-order valence-corrected chi connectivity index (χ1v) is 9.43. The molecule has 26 heavy (non-hydrogen) atoms. The number of nitrogens with zero attached hydrogens (tertiary/aromatic N) is 1. The minimum absolute atomic E-state index is 0.0767. The summed E-state index contributed by atoms with van der Waals surface area (Å²) in [4.78, 5) is 22.8. The number of halogens is 1. The number of nitro benzene ring substituents is 1. The molecule has 0 radical (unpaired) electrons. The van der Waals surface area contributed by atoms with Crippen molar-refractivity contribution in [3.05, 3.63) is 31.4 Å². The molecule has 1 aliphatic rings. The van der Waals surface area contributed by atoms with Crippen LogP contribution in [0.1, 0.15) is 45.6 Å². The molecule has 1 amide bonds. The molecule has 1 aromatic carbocycles. The van der Waals surface area contributed by atoms with Crippen molar-refractivity contribution in [1.82, 2.24) is 0 Å².